The van der Waals surface area contributed by atoms with Crippen LogP contribution in [0.2, 0.25) is 0 Å². The molecule has 0 unspecified atom stereocenters. The summed E-state index contributed by atoms with van der Waals surface area (Å²) in [4.78, 5) is 37.9. The molecule has 0 aliphatic carbocycles. The van der Waals surface area contributed by atoms with Crippen molar-refractivity contribution in [2.24, 2.45) is 0 Å². The van der Waals surface area contributed by atoms with Crippen LogP contribution in [-0.2, 0) is 20.9 Å². The average molecular weight is 479 g/mol. The molecule has 1 heterocycles. The first-order chi connectivity index (χ1) is 16.5. The Labute approximate surface area is 200 Å². The summed E-state index contributed by atoms with van der Waals surface area (Å²) >= 11 is 1.41. The van der Waals surface area contributed by atoms with E-state index in [-0.39, 0.29) is 23.7 Å². The quantitative estimate of drug-likeness (QED) is 0.269. The van der Waals surface area contributed by atoms with Crippen LogP contribution < -0.4 is 0 Å². The maximum absolute atomic E-state index is 13.2. The van der Waals surface area contributed by atoms with Gasteiger partial charge in [-0.05, 0) is 17.2 Å². The third-order valence-corrected chi connectivity index (χ3v) is 6.38. The summed E-state index contributed by atoms with van der Waals surface area (Å²) in [7, 11) is 0. The number of esters is 1. The van der Waals surface area contributed by atoms with Gasteiger partial charge in [-0.3, -0.25) is 15.0 Å². The third-order valence-electron chi connectivity index (χ3n) is 5.37. The molecule has 1 fully saturated rings. The maximum Gasteiger partial charge on any atom is 0.411 e. The monoisotopic (exact) mass is 478 g/mol. The van der Waals surface area contributed by atoms with Gasteiger partial charge >= 0.3 is 12.1 Å². The molecule has 1 aliphatic rings. The standard InChI is InChI=1S/C25H22N2O6S/c28-24(33-23(18-9-3-1-4-10-18)19-11-5-2-6-12-19)22-16-34-17-26(22)25(29)32-15-20-13-7-8-14-21(20)27(30)31/h1-14,22-23H,15-17H2/t22-/m0/s1. The second kappa shape index (κ2) is 10.8. The van der Waals surface area contributed by atoms with E-state index in [0.29, 0.717) is 5.75 Å². The fraction of sp³-hybridized carbons (Fsp3) is 0.200. The highest BCUT2D eigenvalue weighted by Gasteiger charge is 2.38. The molecule has 8 nitrogen and oxygen atoms in total. The van der Waals surface area contributed by atoms with Gasteiger partial charge in [0, 0.05) is 11.8 Å². The minimum atomic E-state index is -0.821. The van der Waals surface area contributed by atoms with Crippen LogP contribution in [0.4, 0.5) is 10.5 Å². The van der Waals surface area contributed by atoms with E-state index in [9.17, 15) is 19.7 Å². The molecular formula is C25H22N2O6S. The average Bonchev–Trinajstić information content (AvgIpc) is 3.37. The topological polar surface area (TPSA) is 99.0 Å². The highest BCUT2D eigenvalue weighted by molar-refractivity contribution is 7.99. The summed E-state index contributed by atoms with van der Waals surface area (Å²) in [5.74, 6) is 0.0948. The minimum absolute atomic E-state index is 0.129. The van der Waals surface area contributed by atoms with Crippen molar-refractivity contribution in [3.05, 3.63) is 112 Å². The van der Waals surface area contributed by atoms with E-state index in [0.717, 1.165) is 11.1 Å². The van der Waals surface area contributed by atoms with Crippen LogP contribution in [0, 0.1) is 10.1 Å². The molecule has 0 bridgehead atoms. The lowest BCUT2D eigenvalue weighted by Crippen LogP contribution is -2.43. The Balaban J connectivity index is 1.46. The van der Waals surface area contributed by atoms with Crippen LogP contribution in [0.5, 0.6) is 0 Å². The summed E-state index contributed by atoms with van der Waals surface area (Å²) in [6.45, 7) is -0.268. The number of nitro benzene ring substituents is 1. The molecule has 3 aromatic carbocycles. The smallest absolute Gasteiger partial charge is 0.411 e. The number of ether oxygens (including phenoxy) is 2. The predicted molar refractivity (Wildman–Crippen MR) is 127 cm³/mol. The van der Waals surface area contributed by atoms with Gasteiger partial charge in [-0.2, -0.15) is 0 Å². The SMILES string of the molecule is O=C(OC(c1ccccc1)c1ccccc1)[C@@H]1CSCN1C(=O)OCc1ccccc1[N+](=O)[O-]. The zero-order valence-corrected chi connectivity index (χ0v) is 18.9. The van der Waals surface area contributed by atoms with Crippen molar-refractivity contribution in [2.75, 3.05) is 11.6 Å². The highest BCUT2D eigenvalue weighted by atomic mass is 32.2. The molecule has 3 aromatic rings. The number of nitrogens with zero attached hydrogens (tertiary/aromatic N) is 2. The summed E-state index contributed by atoms with van der Waals surface area (Å²) in [5.41, 5.74) is 1.78. The Hall–Kier alpha value is -3.85. The molecule has 1 aliphatic heterocycles. The van der Waals surface area contributed by atoms with Crippen LogP contribution >= 0.6 is 11.8 Å². The first kappa shape index (κ1) is 23.3. The van der Waals surface area contributed by atoms with Gasteiger partial charge in [0.1, 0.15) is 12.6 Å². The van der Waals surface area contributed by atoms with E-state index in [1.807, 2.05) is 60.7 Å². The van der Waals surface area contributed by atoms with Crippen LogP contribution in [0.1, 0.15) is 22.8 Å². The summed E-state index contributed by atoms with van der Waals surface area (Å²) in [6, 6.07) is 24.0. The Morgan fingerprint density at radius 2 is 1.56 bits per heavy atom. The molecule has 4 rings (SSSR count). The van der Waals surface area contributed by atoms with Crippen molar-refractivity contribution < 1.29 is 24.0 Å². The predicted octanol–water partition coefficient (Wildman–Crippen LogP) is 4.94. The number of rotatable bonds is 7. The number of nitro groups is 1. The van der Waals surface area contributed by atoms with Crippen molar-refractivity contribution in [1.29, 1.82) is 0 Å². The Morgan fingerprint density at radius 3 is 2.18 bits per heavy atom. The maximum atomic E-state index is 13.2. The van der Waals surface area contributed by atoms with Crippen molar-refractivity contribution in [3.8, 4) is 0 Å². The van der Waals surface area contributed by atoms with Crippen molar-refractivity contribution in [1.82, 2.24) is 4.90 Å². The summed E-state index contributed by atoms with van der Waals surface area (Å²) in [6.07, 6.45) is -1.34. The number of amides is 1. The van der Waals surface area contributed by atoms with E-state index < -0.39 is 29.1 Å². The molecule has 0 N–H and O–H groups in total. The third kappa shape index (κ3) is 5.37. The first-order valence-corrected chi connectivity index (χ1v) is 11.7. The van der Waals surface area contributed by atoms with Gasteiger partial charge in [-0.15, -0.1) is 11.8 Å². The summed E-state index contributed by atoms with van der Waals surface area (Å²) in [5, 5.41) is 11.2. The van der Waals surface area contributed by atoms with Crippen molar-refractivity contribution in [2.45, 2.75) is 18.8 Å². The van der Waals surface area contributed by atoms with Crippen LogP contribution in [0.3, 0.4) is 0 Å². The van der Waals surface area contributed by atoms with Gasteiger partial charge in [0.2, 0.25) is 0 Å². The fourth-order valence-corrected chi connectivity index (χ4v) is 4.76. The minimum Gasteiger partial charge on any atom is -0.451 e. The lowest BCUT2D eigenvalue weighted by molar-refractivity contribution is -0.385. The molecular weight excluding hydrogens is 456 g/mol. The lowest BCUT2D eigenvalue weighted by atomic mass is 10.0. The van der Waals surface area contributed by atoms with Gasteiger partial charge < -0.3 is 9.47 Å². The van der Waals surface area contributed by atoms with Crippen LogP contribution in [0.25, 0.3) is 0 Å². The molecule has 174 valence electrons. The lowest BCUT2D eigenvalue weighted by Gasteiger charge is -2.25. The Kier molecular flexibility index (Phi) is 7.44. The molecule has 1 saturated heterocycles. The normalized spacial score (nSPS) is 15.2. The van der Waals surface area contributed by atoms with Crippen LogP contribution in [-0.4, -0.2) is 39.6 Å². The zero-order chi connectivity index (χ0) is 23.9. The van der Waals surface area contributed by atoms with Gasteiger partial charge in [0.25, 0.3) is 5.69 Å². The van der Waals surface area contributed by atoms with Gasteiger partial charge in [0.15, 0.2) is 6.10 Å². The number of para-hydroxylation sites is 1. The summed E-state index contributed by atoms with van der Waals surface area (Å²) < 4.78 is 11.2. The van der Waals surface area contributed by atoms with E-state index in [1.165, 1.54) is 28.8 Å². The van der Waals surface area contributed by atoms with E-state index in [4.69, 9.17) is 9.47 Å². The second-order valence-electron chi connectivity index (χ2n) is 7.56. The number of benzene rings is 3. The number of carbonyl (C=O) groups is 2. The molecule has 9 heteroatoms. The molecule has 1 amide bonds. The van der Waals surface area contributed by atoms with E-state index in [2.05, 4.69) is 0 Å². The van der Waals surface area contributed by atoms with E-state index in [1.54, 1.807) is 12.1 Å². The molecule has 1 atom stereocenters. The largest absolute Gasteiger partial charge is 0.451 e. The van der Waals surface area contributed by atoms with Crippen molar-refractivity contribution in [3.63, 3.8) is 0 Å². The Bertz CT molecular complexity index is 1120. The molecule has 0 radical (unpaired) electrons. The fourth-order valence-electron chi connectivity index (χ4n) is 3.63. The van der Waals surface area contributed by atoms with E-state index >= 15 is 0 Å². The highest BCUT2D eigenvalue weighted by Crippen LogP contribution is 2.30. The second-order valence-corrected chi connectivity index (χ2v) is 8.56. The number of hydrogen-bond acceptors (Lipinski definition) is 7. The van der Waals surface area contributed by atoms with Gasteiger partial charge in [0.05, 0.1) is 16.4 Å². The first-order valence-electron chi connectivity index (χ1n) is 10.6. The van der Waals surface area contributed by atoms with Crippen LogP contribution in [0.15, 0.2) is 84.9 Å². The number of thioether (sulfide) groups is 1. The zero-order valence-electron chi connectivity index (χ0n) is 18.1. The molecule has 34 heavy (non-hydrogen) atoms. The van der Waals surface area contributed by atoms with Crippen molar-refractivity contribution >= 4 is 29.5 Å². The number of carbonyl (C=O) groups excluding carboxylic acids is 2. The van der Waals surface area contributed by atoms with Gasteiger partial charge in [-0.25, -0.2) is 9.59 Å². The number of hydrogen-bond donors (Lipinski definition) is 0. The van der Waals surface area contributed by atoms with Gasteiger partial charge in [-0.1, -0.05) is 72.8 Å². The molecule has 0 spiro atoms. The molecule has 0 saturated carbocycles. The Morgan fingerprint density at radius 1 is 0.971 bits per heavy atom. The molecule has 0 aromatic heterocycles.